The van der Waals surface area contributed by atoms with Crippen LogP contribution in [0.5, 0.6) is 0 Å². The summed E-state index contributed by atoms with van der Waals surface area (Å²) in [4.78, 5) is 36.0. The van der Waals surface area contributed by atoms with E-state index in [0.29, 0.717) is 6.42 Å². The topological polar surface area (TPSA) is 78.9 Å². The lowest BCUT2D eigenvalue weighted by molar-refractivity contribution is -0.162. The summed E-state index contributed by atoms with van der Waals surface area (Å²) in [5.74, 6) is -0.508. The van der Waals surface area contributed by atoms with Gasteiger partial charge in [0.1, 0.15) is 11.7 Å². The predicted octanol–water partition coefficient (Wildman–Crippen LogP) is 6.00. The van der Waals surface area contributed by atoms with Crippen LogP contribution in [0.1, 0.15) is 112 Å². The van der Waals surface area contributed by atoms with Crippen molar-refractivity contribution in [3.05, 3.63) is 0 Å². The molecule has 0 spiro atoms. The van der Waals surface area contributed by atoms with E-state index >= 15 is 0 Å². The van der Waals surface area contributed by atoms with E-state index in [-0.39, 0.29) is 37.1 Å². The molecule has 6 heteroatoms. The summed E-state index contributed by atoms with van der Waals surface area (Å²) in [7, 11) is 1.33. The number of carbonyl (C=O) groups excluding carboxylic acids is 3. The molecule has 0 radical (unpaired) electrons. The Hall–Kier alpha value is -1.59. The van der Waals surface area contributed by atoms with Gasteiger partial charge in [0, 0.05) is 12.8 Å². The molecular weight excluding hydrogens is 396 g/mol. The summed E-state index contributed by atoms with van der Waals surface area (Å²) in [5, 5.41) is 0. The monoisotopic (exact) mass is 442 g/mol. The minimum Gasteiger partial charge on any atom is -0.469 e. The van der Waals surface area contributed by atoms with Crippen LogP contribution in [0.4, 0.5) is 0 Å². The Morgan fingerprint density at radius 1 is 0.710 bits per heavy atom. The van der Waals surface area contributed by atoms with E-state index in [9.17, 15) is 14.4 Å². The SMILES string of the molecule is COC(=O)C[C@@H](C)CC(=O)O[C@H](CCCCCCCCC(C)C)CC(=O)OC(C)(C)C. The molecule has 0 aromatic rings. The summed E-state index contributed by atoms with van der Waals surface area (Å²) in [6.07, 6.45) is 8.64. The Kier molecular flexibility index (Phi) is 15.3. The number of hydrogen-bond donors (Lipinski definition) is 0. The average Bonchev–Trinajstić information content (AvgIpc) is 2.61. The molecule has 0 aromatic heterocycles. The van der Waals surface area contributed by atoms with Crippen LogP contribution < -0.4 is 0 Å². The quantitative estimate of drug-likeness (QED) is 0.166. The highest BCUT2D eigenvalue weighted by Crippen LogP contribution is 2.19. The van der Waals surface area contributed by atoms with Crippen molar-refractivity contribution in [2.75, 3.05) is 7.11 Å². The van der Waals surface area contributed by atoms with Gasteiger partial charge in [-0.2, -0.15) is 0 Å². The first kappa shape index (κ1) is 29.4. The molecule has 0 bridgehead atoms. The van der Waals surface area contributed by atoms with Crippen molar-refractivity contribution in [2.45, 2.75) is 124 Å². The Morgan fingerprint density at radius 3 is 1.74 bits per heavy atom. The maximum absolute atomic E-state index is 12.3. The maximum atomic E-state index is 12.3. The third kappa shape index (κ3) is 18.9. The van der Waals surface area contributed by atoms with Crippen molar-refractivity contribution in [3.63, 3.8) is 0 Å². The van der Waals surface area contributed by atoms with Crippen LogP contribution in [0.25, 0.3) is 0 Å². The summed E-state index contributed by atoms with van der Waals surface area (Å²) in [5.41, 5.74) is -0.573. The molecule has 182 valence electrons. The predicted molar refractivity (Wildman–Crippen MR) is 123 cm³/mol. The fraction of sp³-hybridized carbons (Fsp3) is 0.880. The molecule has 2 atom stereocenters. The highest BCUT2D eigenvalue weighted by atomic mass is 16.6. The van der Waals surface area contributed by atoms with Crippen LogP contribution in [-0.2, 0) is 28.6 Å². The lowest BCUT2D eigenvalue weighted by Gasteiger charge is -2.23. The normalized spacial score (nSPS) is 13.5. The summed E-state index contributed by atoms with van der Waals surface area (Å²) in [6.45, 7) is 11.8. The standard InChI is InChI=1S/C25H46O6/c1-19(2)14-12-10-8-9-11-13-15-21(18-24(28)31-25(4,5)6)30-23(27)17-20(3)16-22(26)29-7/h19-21H,8-18H2,1-7H3/t20-,21-/m1/s1. The molecule has 31 heavy (non-hydrogen) atoms. The zero-order valence-corrected chi connectivity index (χ0v) is 21.0. The molecule has 0 amide bonds. The summed E-state index contributed by atoms with van der Waals surface area (Å²) in [6, 6.07) is 0. The van der Waals surface area contributed by atoms with Gasteiger partial charge < -0.3 is 14.2 Å². The van der Waals surface area contributed by atoms with E-state index in [0.717, 1.165) is 25.2 Å². The highest BCUT2D eigenvalue weighted by molar-refractivity contribution is 5.74. The van der Waals surface area contributed by atoms with E-state index in [1.807, 2.05) is 20.8 Å². The minimum atomic E-state index is -0.573. The van der Waals surface area contributed by atoms with Crippen LogP contribution in [0, 0.1) is 11.8 Å². The Morgan fingerprint density at radius 2 is 1.23 bits per heavy atom. The van der Waals surface area contributed by atoms with Crippen molar-refractivity contribution >= 4 is 17.9 Å². The van der Waals surface area contributed by atoms with Crippen LogP contribution >= 0.6 is 0 Å². The third-order valence-corrected chi connectivity index (χ3v) is 4.93. The van der Waals surface area contributed by atoms with Crippen LogP contribution in [-0.4, -0.2) is 36.7 Å². The molecule has 0 saturated carbocycles. The second-order valence-corrected chi connectivity index (χ2v) is 10.1. The van der Waals surface area contributed by atoms with Crippen LogP contribution in [0.15, 0.2) is 0 Å². The zero-order valence-electron chi connectivity index (χ0n) is 21.0. The first-order valence-electron chi connectivity index (χ1n) is 11.9. The molecule has 0 aliphatic carbocycles. The second-order valence-electron chi connectivity index (χ2n) is 10.1. The number of carbonyl (C=O) groups is 3. The molecule has 0 saturated heterocycles. The van der Waals surface area contributed by atoms with Gasteiger partial charge >= 0.3 is 17.9 Å². The fourth-order valence-corrected chi connectivity index (χ4v) is 3.36. The molecule has 0 fully saturated rings. The Bertz CT molecular complexity index is 521. The smallest absolute Gasteiger partial charge is 0.310 e. The molecule has 0 aromatic carbocycles. The van der Waals surface area contributed by atoms with Gasteiger partial charge in [0.05, 0.1) is 13.5 Å². The molecule has 0 unspecified atom stereocenters. The number of ether oxygens (including phenoxy) is 3. The number of unbranched alkanes of at least 4 members (excludes halogenated alkanes) is 5. The van der Waals surface area contributed by atoms with Crippen molar-refractivity contribution in [2.24, 2.45) is 11.8 Å². The number of methoxy groups -OCH3 is 1. The van der Waals surface area contributed by atoms with Crippen molar-refractivity contribution in [1.82, 2.24) is 0 Å². The van der Waals surface area contributed by atoms with E-state index in [4.69, 9.17) is 9.47 Å². The first-order chi connectivity index (χ1) is 14.4. The van der Waals surface area contributed by atoms with Gasteiger partial charge in [0.25, 0.3) is 0 Å². The van der Waals surface area contributed by atoms with Gasteiger partial charge in [-0.05, 0) is 45.4 Å². The number of esters is 3. The lowest BCUT2D eigenvalue weighted by Crippen LogP contribution is -2.29. The Labute approximate surface area is 189 Å². The fourth-order valence-electron chi connectivity index (χ4n) is 3.36. The van der Waals surface area contributed by atoms with Gasteiger partial charge in [-0.25, -0.2) is 0 Å². The van der Waals surface area contributed by atoms with E-state index in [1.165, 1.54) is 32.8 Å². The van der Waals surface area contributed by atoms with Crippen molar-refractivity contribution in [1.29, 1.82) is 0 Å². The number of rotatable bonds is 16. The average molecular weight is 443 g/mol. The van der Waals surface area contributed by atoms with Gasteiger partial charge in [0.2, 0.25) is 0 Å². The van der Waals surface area contributed by atoms with Crippen LogP contribution in [0.3, 0.4) is 0 Å². The van der Waals surface area contributed by atoms with Gasteiger partial charge in [-0.1, -0.05) is 59.3 Å². The van der Waals surface area contributed by atoms with Gasteiger partial charge in [0.15, 0.2) is 0 Å². The van der Waals surface area contributed by atoms with Gasteiger partial charge in [-0.3, -0.25) is 14.4 Å². The Balaban J connectivity index is 4.49. The van der Waals surface area contributed by atoms with Gasteiger partial charge in [-0.15, -0.1) is 0 Å². The first-order valence-corrected chi connectivity index (χ1v) is 11.9. The van der Waals surface area contributed by atoms with Crippen molar-refractivity contribution < 1.29 is 28.6 Å². The zero-order chi connectivity index (χ0) is 23.9. The maximum Gasteiger partial charge on any atom is 0.310 e. The van der Waals surface area contributed by atoms with Crippen molar-refractivity contribution in [3.8, 4) is 0 Å². The second kappa shape index (κ2) is 16.1. The largest absolute Gasteiger partial charge is 0.469 e. The summed E-state index contributed by atoms with van der Waals surface area (Å²) >= 11 is 0. The molecule has 6 nitrogen and oxygen atoms in total. The summed E-state index contributed by atoms with van der Waals surface area (Å²) < 4.78 is 15.6. The minimum absolute atomic E-state index is 0.0583. The van der Waals surface area contributed by atoms with E-state index in [1.54, 1.807) is 6.92 Å². The number of hydrogen-bond acceptors (Lipinski definition) is 6. The molecule has 0 N–H and O–H groups in total. The van der Waals surface area contributed by atoms with E-state index in [2.05, 4.69) is 18.6 Å². The molecule has 0 heterocycles. The molecule has 0 aliphatic rings. The molecule has 0 rings (SSSR count). The highest BCUT2D eigenvalue weighted by Gasteiger charge is 2.24. The lowest BCUT2D eigenvalue weighted by atomic mass is 10.0. The molecular formula is C25H46O6. The van der Waals surface area contributed by atoms with Crippen LogP contribution in [0.2, 0.25) is 0 Å². The third-order valence-electron chi connectivity index (χ3n) is 4.93. The molecule has 0 aliphatic heterocycles. The van der Waals surface area contributed by atoms with E-state index < -0.39 is 17.7 Å².